The summed E-state index contributed by atoms with van der Waals surface area (Å²) < 4.78 is 0. The molecule has 4 nitrogen and oxygen atoms in total. The third kappa shape index (κ3) is 1.64. The van der Waals surface area contributed by atoms with Crippen LogP contribution in [0.25, 0.3) is 0 Å². The quantitative estimate of drug-likeness (QED) is 0.649. The third-order valence-corrected chi connectivity index (χ3v) is 3.69. The number of carbonyl (C=O) groups excluding carboxylic acids is 1. The number of rotatable bonds is 2. The normalized spacial score (nSPS) is 35.7. The van der Waals surface area contributed by atoms with Crippen molar-refractivity contribution in [2.45, 2.75) is 18.9 Å². The van der Waals surface area contributed by atoms with Crippen molar-refractivity contribution in [1.29, 1.82) is 0 Å². The van der Waals surface area contributed by atoms with Gasteiger partial charge in [0.25, 0.3) is 0 Å². The van der Waals surface area contributed by atoms with Crippen LogP contribution in [0.5, 0.6) is 0 Å². The Labute approximate surface area is 85.0 Å². The Kier molecular flexibility index (Phi) is 2.74. The van der Waals surface area contributed by atoms with Crippen molar-refractivity contribution in [3.63, 3.8) is 0 Å². The number of amides is 1. The maximum atomic E-state index is 11.5. The highest BCUT2D eigenvalue weighted by atomic mass is 16.2. The summed E-state index contributed by atoms with van der Waals surface area (Å²) in [7, 11) is 1.89. The van der Waals surface area contributed by atoms with E-state index in [9.17, 15) is 4.79 Å². The molecule has 1 amide bonds. The van der Waals surface area contributed by atoms with Gasteiger partial charge in [-0.05, 0) is 31.8 Å². The van der Waals surface area contributed by atoms with Gasteiger partial charge in [-0.15, -0.1) is 0 Å². The van der Waals surface area contributed by atoms with Crippen LogP contribution < -0.4 is 5.73 Å². The first-order valence-corrected chi connectivity index (χ1v) is 5.40. The van der Waals surface area contributed by atoms with Gasteiger partial charge in [-0.25, -0.2) is 0 Å². The average molecular weight is 197 g/mol. The van der Waals surface area contributed by atoms with Crippen LogP contribution in [0.3, 0.4) is 0 Å². The number of hydrogen-bond donors (Lipinski definition) is 1. The molecule has 0 aromatic carbocycles. The summed E-state index contributed by atoms with van der Waals surface area (Å²) in [5, 5.41) is 0. The minimum atomic E-state index is 0.0729. The molecule has 14 heavy (non-hydrogen) atoms. The number of carbonyl (C=O) groups is 1. The van der Waals surface area contributed by atoms with Gasteiger partial charge in [0, 0.05) is 19.6 Å². The van der Waals surface area contributed by atoms with Gasteiger partial charge < -0.3 is 15.5 Å². The van der Waals surface area contributed by atoms with Gasteiger partial charge in [0.1, 0.15) is 0 Å². The smallest absolute Gasteiger partial charge is 0.236 e. The molecular formula is C10H19N3O. The summed E-state index contributed by atoms with van der Waals surface area (Å²) in [6.07, 6.45) is 2.49. The predicted octanol–water partition coefficient (Wildman–Crippen LogP) is -0.502. The lowest BCUT2D eigenvalue weighted by Gasteiger charge is -2.48. The molecule has 1 unspecified atom stereocenters. The van der Waals surface area contributed by atoms with Crippen LogP contribution in [0.2, 0.25) is 0 Å². The molecule has 0 aliphatic carbocycles. The topological polar surface area (TPSA) is 49.6 Å². The van der Waals surface area contributed by atoms with Gasteiger partial charge in [-0.2, -0.15) is 0 Å². The highest BCUT2D eigenvalue weighted by Gasteiger charge is 2.37. The fraction of sp³-hybridized carbons (Fsp3) is 0.900. The minimum Gasteiger partial charge on any atom is -0.340 e. The largest absolute Gasteiger partial charge is 0.340 e. The lowest BCUT2D eigenvalue weighted by Crippen LogP contribution is -2.58. The Morgan fingerprint density at radius 2 is 2.14 bits per heavy atom. The van der Waals surface area contributed by atoms with E-state index in [4.69, 9.17) is 5.73 Å². The molecule has 3 rings (SSSR count). The molecule has 1 atom stereocenters. The Morgan fingerprint density at radius 3 is 2.57 bits per heavy atom. The van der Waals surface area contributed by atoms with Crippen molar-refractivity contribution in [3.05, 3.63) is 0 Å². The Hall–Kier alpha value is -0.610. The molecule has 3 saturated heterocycles. The van der Waals surface area contributed by atoms with E-state index in [1.165, 1.54) is 25.9 Å². The van der Waals surface area contributed by atoms with Crippen LogP contribution in [0, 0.1) is 5.92 Å². The first kappa shape index (κ1) is 9.93. The van der Waals surface area contributed by atoms with Crippen LogP contribution in [0.4, 0.5) is 0 Å². The highest BCUT2D eigenvalue weighted by Crippen LogP contribution is 2.30. The SMILES string of the molecule is CN(C(=O)CN)C1CN2CCC1CC2. The molecule has 0 saturated carbocycles. The van der Waals surface area contributed by atoms with Crippen molar-refractivity contribution in [2.75, 3.05) is 33.2 Å². The summed E-state index contributed by atoms with van der Waals surface area (Å²) in [4.78, 5) is 15.8. The maximum absolute atomic E-state index is 11.5. The Bertz CT molecular complexity index is 223. The number of piperidine rings is 3. The fourth-order valence-electron chi connectivity index (χ4n) is 2.70. The zero-order valence-corrected chi connectivity index (χ0v) is 8.78. The number of likely N-dealkylation sites (N-methyl/N-ethyl adjacent to an activating group) is 1. The molecule has 80 valence electrons. The van der Waals surface area contributed by atoms with E-state index in [0.717, 1.165) is 6.54 Å². The molecule has 0 radical (unpaired) electrons. The van der Waals surface area contributed by atoms with Gasteiger partial charge in [-0.1, -0.05) is 0 Å². The molecule has 4 heteroatoms. The van der Waals surface area contributed by atoms with E-state index in [1.54, 1.807) is 0 Å². The van der Waals surface area contributed by atoms with E-state index in [0.29, 0.717) is 12.0 Å². The summed E-state index contributed by atoms with van der Waals surface area (Å²) in [6, 6.07) is 0.411. The minimum absolute atomic E-state index is 0.0729. The molecule has 2 N–H and O–H groups in total. The molecule has 0 spiro atoms. The zero-order chi connectivity index (χ0) is 10.1. The van der Waals surface area contributed by atoms with E-state index < -0.39 is 0 Å². The molecule has 3 aliphatic heterocycles. The van der Waals surface area contributed by atoms with Crippen LogP contribution in [0.1, 0.15) is 12.8 Å². The number of nitrogens with zero attached hydrogens (tertiary/aromatic N) is 2. The molecule has 0 aromatic rings. The van der Waals surface area contributed by atoms with Gasteiger partial charge in [0.2, 0.25) is 5.91 Å². The van der Waals surface area contributed by atoms with E-state index in [1.807, 2.05) is 11.9 Å². The predicted molar refractivity (Wildman–Crippen MR) is 54.8 cm³/mol. The van der Waals surface area contributed by atoms with Crippen molar-refractivity contribution < 1.29 is 4.79 Å². The fourth-order valence-corrected chi connectivity index (χ4v) is 2.70. The summed E-state index contributed by atoms with van der Waals surface area (Å²) >= 11 is 0. The van der Waals surface area contributed by atoms with Crippen LogP contribution in [0.15, 0.2) is 0 Å². The highest BCUT2D eigenvalue weighted by molar-refractivity contribution is 5.78. The van der Waals surface area contributed by atoms with E-state index in [2.05, 4.69) is 4.90 Å². The molecule has 0 aromatic heterocycles. The monoisotopic (exact) mass is 197 g/mol. The number of hydrogen-bond acceptors (Lipinski definition) is 3. The number of fused-ring (bicyclic) bond motifs is 3. The average Bonchev–Trinajstić information content (AvgIpc) is 2.28. The van der Waals surface area contributed by atoms with Gasteiger partial charge in [0.15, 0.2) is 0 Å². The lowest BCUT2D eigenvalue weighted by molar-refractivity contribution is -0.134. The zero-order valence-electron chi connectivity index (χ0n) is 8.78. The van der Waals surface area contributed by atoms with Crippen molar-refractivity contribution in [1.82, 2.24) is 9.80 Å². The molecular weight excluding hydrogens is 178 g/mol. The Balaban J connectivity index is 2.01. The maximum Gasteiger partial charge on any atom is 0.236 e. The summed E-state index contributed by atoms with van der Waals surface area (Å²) in [5.74, 6) is 0.782. The number of nitrogens with two attached hydrogens (primary N) is 1. The summed E-state index contributed by atoms with van der Waals surface area (Å²) in [5.41, 5.74) is 5.37. The van der Waals surface area contributed by atoms with Gasteiger partial charge >= 0.3 is 0 Å². The van der Waals surface area contributed by atoms with Crippen LogP contribution in [-0.2, 0) is 4.79 Å². The molecule has 2 bridgehead atoms. The first-order valence-electron chi connectivity index (χ1n) is 5.40. The lowest BCUT2D eigenvalue weighted by atomic mass is 9.83. The second-order valence-corrected chi connectivity index (χ2v) is 4.41. The van der Waals surface area contributed by atoms with Gasteiger partial charge in [0.05, 0.1) is 6.54 Å². The molecule has 3 aliphatic rings. The van der Waals surface area contributed by atoms with Crippen molar-refractivity contribution >= 4 is 5.91 Å². The standard InChI is InChI=1S/C10H19N3O/c1-12(10(14)6-11)9-7-13-4-2-8(9)3-5-13/h8-9H,2-7,11H2,1H3. The Morgan fingerprint density at radius 1 is 1.50 bits per heavy atom. The van der Waals surface area contributed by atoms with E-state index >= 15 is 0 Å². The second-order valence-electron chi connectivity index (χ2n) is 4.41. The van der Waals surface area contributed by atoms with E-state index in [-0.39, 0.29) is 12.5 Å². The van der Waals surface area contributed by atoms with Crippen molar-refractivity contribution in [2.24, 2.45) is 11.7 Å². The van der Waals surface area contributed by atoms with Crippen LogP contribution in [-0.4, -0.2) is 55.0 Å². The first-order chi connectivity index (χ1) is 6.72. The van der Waals surface area contributed by atoms with Gasteiger partial charge in [-0.3, -0.25) is 4.79 Å². The molecule has 3 heterocycles. The summed E-state index contributed by atoms with van der Waals surface area (Å²) in [6.45, 7) is 3.62. The second kappa shape index (κ2) is 3.87. The molecule has 3 fully saturated rings. The van der Waals surface area contributed by atoms with Crippen LogP contribution >= 0.6 is 0 Å². The van der Waals surface area contributed by atoms with Crippen molar-refractivity contribution in [3.8, 4) is 0 Å². The third-order valence-electron chi connectivity index (χ3n) is 3.69.